The third-order valence-corrected chi connectivity index (χ3v) is 4.02. The topological polar surface area (TPSA) is 114 Å². The molecule has 0 heterocycles. The number of hydrogen-bond acceptors (Lipinski definition) is 6. The Hall–Kier alpha value is -3.36. The quantitative estimate of drug-likeness (QED) is 0.454. The van der Waals surface area contributed by atoms with E-state index in [-0.39, 0.29) is 19.6 Å². The predicted octanol–water partition coefficient (Wildman–Crippen LogP) is 1.86. The molecule has 0 spiro atoms. The van der Waals surface area contributed by atoms with E-state index in [0.29, 0.717) is 5.56 Å². The van der Waals surface area contributed by atoms with E-state index in [9.17, 15) is 19.2 Å². The minimum atomic E-state index is -1.05. The Morgan fingerprint density at radius 3 is 2.23 bits per heavy atom. The number of carbonyl (C=O) groups is 4. The van der Waals surface area contributed by atoms with Gasteiger partial charge >= 0.3 is 12.1 Å². The zero-order chi connectivity index (χ0) is 23.6. The molecule has 31 heavy (non-hydrogen) atoms. The van der Waals surface area contributed by atoms with Crippen molar-refractivity contribution < 1.29 is 28.7 Å². The number of carbonyl (C=O) groups excluding carboxylic acids is 4. The molecule has 1 atom stereocenters. The average molecular weight is 434 g/mol. The minimum absolute atomic E-state index is 0.0407. The van der Waals surface area contributed by atoms with Crippen molar-refractivity contribution in [2.24, 2.45) is 0 Å². The summed E-state index contributed by atoms with van der Waals surface area (Å²) in [5.74, 6) is -1.71. The highest BCUT2D eigenvalue weighted by atomic mass is 16.6. The fraction of sp³-hybridized carbons (Fsp3) is 0.455. The molecule has 0 aliphatic carbocycles. The zero-order valence-corrected chi connectivity index (χ0v) is 18.7. The molecule has 2 N–H and O–H groups in total. The van der Waals surface area contributed by atoms with Crippen LogP contribution in [0.15, 0.2) is 36.9 Å². The molecular formula is C22H31N3O6. The molecule has 0 bridgehead atoms. The standard InChI is InChI=1S/C22H31N3O6/c1-7-12-25(17(26)13-24-21(29)31-22(3,4)5)19(16-10-8-15(2)9-11-16)20(28)23-14-18(27)30-6/h7-11,19H,1,12-14H2,2-6H3,(H,23,28)(H,24,29). The summed E-state index contributed by atoms with van der Waals surface area (Å²) in [7, 11) is 1.21. The van der Waals surface area contributed by atoms with Crippen molar-refractivity contribution in [1.29, 1.82) is 0 Å². The van der Waals surface area contributed by atoms with Crippen molar-refractivity contribution in [1.82, 2.24) is 15.5 Å². The second-order valence-corrected chi connectivity index (χ2v) is 7.80. The Labute approximate surface area is 182 Å². The van der Waals surface area contributed by atoms with Crippen LogP contribution in [-0.4, -0.2) is 61.1 Å². The van der Waals surface area contributed by atoms with Gasteiger partial charge in [0.25, 0.3) is 0 Å². The monoisotopic (exact) mass is 433 g/mol. The smallest absolute Gasteiger partial charge is 0.408 e. The maximum atomic E-state index is 12.9. The molecule has 3 amide bonds. The number of hydrogen-bond donors (Lipinski definition) is 2. The van der Waals surface area contributed by atoms with Gasteiger partial charge < -0.3 is 25.0 Å². The molecular weight excluding hydrogens is 402 g/mol. The summed E-state index contributed by atoms with van der Waals surface area (Å²) in [6.07, 6.45) is 0.724. The maximum Gasteiger partial charge on any atom is 0.408 e. The number of nitrogens with one attached hydrogen (secondary N) is 2. The van der Waals surface area contributed by atoms with Gasteiger partial charge in [-0.2, -0.15) is 0 Å². The van der Waals surface area contributed by atoms with Crippen molar-refractivity contribution >= 4 is 23.9 Å². The molecule has 170 valence electrons. The molecule has 0 aliphatic rings. The van der Waals surface area contributed by atoms with Gasteiger partial charge in [-0.15, -0.1) is 6.58 Å². The minimum Gasteiger partial charge on any atom is -0.468 e. The van der Waals surface area contributed by atoms with Crippen LogP contribution in [0.25, 0.3) is 0 Å². The number of benzene rings is 1. The maximum absolute atomic E-state index is 12.9. The molecule has 1 aromatic rings. The van der Waals surface area contributed by atoms with Crippen LogP contribution in [0.1, 0.15) is 37.9 Å². The molecule has 0 saturated carbocycles. The summed E-state index contributed by atoms with van der Waals surface area (Å²) < 4.78 is 9.69. The molecule has 0 radical (unpaired) electrons. The Balaban J connectivity index is 3.10. The van der Waals surface area contributed by atoms with Crippen LogP contribution in [0.3, 0.4) is 0 Å². The molecule has 0 fully saturated rings. The Morgan fingerprint density at radius 1 is 1.10 bits per heavy atom. The molecule has 9 nitrogen and oxygen atoms in total. The van der Waals surface area contributed by atoms with E-state index in [1.54, 1.807) is 32.9 Å². The third kappa shape index (κ3) is 8.90. The van der Waals surface area contributed by atoms with Crippen LogP contribution in [0.2, 0.25) is 0 Å². The lowest BCUT2D eigenvalue weighted by atomic mass is 10.0. The van der Waals surface area contributed by atoms with Gasteiger partial charge in [0, 0.05) is 6.54 Å². The van der Waals surface area contributed by atoms with Crippen LogP contribution in [0, 0.1) is 6.92 Å². The van der Waals surface area contributed by atoms with Gasteiger partial charge in [-0.3, -0.25) is 14.4 Å². The summed E-state index contributed by atoms with van der Waals surface area (Å²) in [6.45, 7) is 9.98. The Kier molecular flexibility index (Phi) is 9.72. The number of rotatable bonds is 9. The van der Waals surface area contributed by atoms with Crippen molar-refractivity contribution in [2.45, 2.75) is 39.3 Å². The largest absolute Gasteiger partial charge is 0.468 e. The van der Waals surface area contributed by atoms with E-state index in [1.807, 2.05) is 19.1 Å². The van der Waals surface area contributed by atoms with Crippen LogP contribution in [0.5, 0.6) is 0 Å². The number of amides is 3. The number of methoxy groups -OCH3 is 1. The lowest BCUT2D eigenvalue weighted by Crippen LogP contribution is -2.48. The number of esters is 1. The van der Waals surface area contributed by atoms with E-state index >= 15 is 0 Å². The Morgan fingerprint density at radius 2 is 1.71 bits per heavy atom. The van der Waals surface area contributed by atoms with E-state index < -0.39 is 35.5 Å². The van der Waals surface area contributed by atoms with Crippen LogP contribution in [-0.2, 0) is 23.9 Å². The van der Waals surface area contributed by atoms with Gasteiger partial charge in [-0.05, 0) is 33.3 Å². The van der Waals surface area contributed by atoms with Crippen molar-refractivity contribution in [2.75, 3.05) is 26.7 Å². The van der Waals surface area contributed by atoms with Crippen molar-refractivity contribution in [3.8, 4) is 0 Å². The summed E-state index contributed by atoms with van der Waals surface area (Å²) in [4.78, 5) is 50.5. The molecule has 1 rings (SSSR count). The highest BCUT2D eigenvalue weighted by Gasteiger charge is 2.31. The normalized spacial score (nSPS) is 11.6. The second kappa shape index (κ2) is 11.7. The Bertz CT molecular complexity index is 798. The van der Waals surface area contributed by atoms with Crippen LogP contribution < -0.4 is 10.6 Å². The molecule has 0 aromatic heterocycles. The van der Waals surface area contributed by atoms with E-state index in [4.69, 9.17) is 4.74 Å². The zero-order valence-electron chi connectivity index (χ0n) is 18.7. The summed E-state index contributed by atoms with van der Waals surface area (Å²) >= 11 is 0. The van der Waals surface area contributed by atoms with Gasteiger partial charge in [0.2, 0.25) is 11.8 Å². The highest BCUT2D eigenvalue weighted by molar-refractivity contribution is 5.92. The fourth-order valence-corrected chi connectivity index (χ4v) is 2.60. The van der Waals surface area contributed by atoms with E-state index in [0.717, 1.165) is 5.56 Å². The number of ether oxygens (including phenoxy) is 2. The molecule has 0 saturated heterocycles. The third-order valence-electron chi connectivity index (χ3n) is 4.02. The van der Waals surface area contributed by atoms with Gasteiger partial charge in [0.1, 0.15) is 24.7 Å². The summed E-state index contributed by atoms with van der Waals surface area (Å²) in [5, 5.41) is 4.88. The summed E-state index contributed by atoms with van der Waals surface area (Å²) in [5.41, 5.74) is 0.803. The van der Waals surface area contributed by atoms with Crippen LogP contribution in [0.4, 0.5) is 4.79 Å². The number of nitrogens with zero attached hydrogens (tertiary/aromatic N) is 1. The van der Waals surface area contributed by atoms with Crippen molar-refractivity contribution in [3.05, 3.63) is 48.0 Å². The van der Waals surface area contributed by atoms with Gasteiger partial charge in [-0.1, -0.05) is 35.9 Å². The lowest BCUT2D eigenvalue weighted by Gasteiger charge is -2.30. The fourth-order valence-electron chi connectivity index (χ4n) is 2.60. The van der Waals surface area contributed by atoms with E-state index in [1.165, 1.54) is 18.1 Å². The number of alkyl carbamates (subject to hydrolysis) is 1. The predicted molar refractivity (Wildman–Crippen MR) is 115 cm³/mol. The molecule has 1 unspecified atom stereocenters. The lowest BCUT2D eigenvalue weighted by molar-refractivity contribution is -0.143. The first-order chi connectivity index (χ1) is 14.5. The second-order valence-electron chi connectivity index (χ2n) is 7.80. The first-order valence-corrected chi connectivity index (χ1v) is 9.76. The van der Waals surface area contributed by atoms with Gasteiger partial charge in [-0.25, -0.2) is 4.79 Å². The van der Waals surface area contributed by atoms with Gasteiger partial charge in [0.05, 0.1) is 7.11 Å². The van der Waals surface area contributed by atoms with E-state index in [2.05, 4.69) is 21.9 Å². The summed E-state index contributed by atoms with van der Waals surface area (Å²) in [6, 6.07) is 6.03. The first kappa shape index (κ1) is 25.7. The SMILES string of the molecule is C=CCN(C(=O)CNC(=O)OC(C)(C)C)C(C(=O)NCC(=O)OC)c1ccc(C)cc1. The number of aryl methyl sites for hydroxylation is 1. The first-order valence-electron chi connectivity index (χ1n) is 9.76. The van der Waals surface area contributed by atoms with Gasteiger partial charge in [0.15, 0.2) is 0 Å². The van der Waals surface area contributed by atoms with Crippen LogP contribution >= 0.6 is 0 Å². The molecule has 9 heteroatoms. The molecule has 1 aromatic carbocycles. The average Bonchev–Trinajstić information content (AvgIpc) is 2.69. The molecule has 0 aliphatic heterocycles. The van der Waals surface area contributed by atoms with Crippen molar-refractivity contribution in [3.63, 3.8) is 0 Å². The highest BCUT2D eigenvalue weighted by Crippen LogP contribution is 2.22.